The van der Waals surface area contributed by atoms with Crippen molar-refractivity contribution in [2.75, 3.05) is 4.72 Å². The molecule has 3 aromatic rings. The Morgan fingerprint density at radius 1 is 0.818 bits per heavy atom. The largest absolute Gasteiger partial charge is 0.478 e. The van der Waals surface area contributed by atoms with Crippen molar-refractivity contribution in [2.24, 2.45) is 0 Å². The summed E-state index contributed by atoms with van der Waals surface area (Å²) in [5, 5.41) is 9.31. The normalized spacial score (nSPS) is 11.4. The lowest BCUT2D eigenvalue weighted by Gasteiger charge is -2.16. The standard InChI is InChI=1S/C27H31NO4S/c1-19-17-20(2)26(21(3)18-19)33(31,32)28-25-16-10-8-14-23(25)13-6-4-5-11-22-12-7-9-15-24(22)27(29)30/h7-10,12,14-18,28H,4-6,11,13H2,1-3H3,(H,29,30). The minimum absolute atomic E-state index is 0.333. The Morgan fingerprint density at radius 3 is 2.00 bits per heavy atom. The number of carbonyl (C=O) groups is 1. The van der Waals surface area contributed by atoms with Crippen LogP contribution in [0, 0.1) is 20.8 Å². The molecule has 33 heavy (non-hydrogen) atoms. The van der Waals surface area contributed by atoms with Gasteiger partial charge in [0, 0.05) is 0 Å². The Kier molecular flexibility index (Phi) is 7.92. The Balaban J connectivity index is 1.64. The number of anilines is 1. The quantitative estimate of drug-likeness (QED) is 0.356. The molecule has 174 valence electrons. The first kappa shape index (κ1) is 24.5. The number of nitrogens with one attached hydrogen (secondary N) is 1. The maximum absolute atomic E-state index is 13.2. The maximum atomic E-state index is 13.2. The van der Waals surface area contributed by atoms with Crippen LogP contribution in [0.1, 0.15) is 57.4 Å². The van der Waals surface area contributed by atoms with Gasteiger partial charge in [-0.3, -0.25) is 4.72 Å². The molecule has 0 fully saturated rings. The molecule has 0 spiro atoms. The van der Waals surface area contributed by atoms with Crippen LogP contribution in [0.5, 0.6) is 0 Å². The number of aromatic carboxylic acids is 1. The van der Waals surface area contributed by atoms with E-state index in [1.807, 2.05) is 63.2 Å². The van der Waals surface area contributed by atoms with Crippen LogP contribution >= 0.6 is 0 Å². The summed E-state index contributed by atoms with van der Waals surface area (Å²) in [6.45, 7) is 5.60. The molecule has 3 rings (SSSR count). The first-order valence-electron chi connectivity index (χ1n) is 11.2. The van der Waals surface area contributed by atoms with Crippen molar-refractivity contribution in [1.82, 2.24) is 0 Å². The number of unbranched alkanes of at least 4 members (excludes halogenated alkanes) is 2. The van der Waals surface area contributed by atoms with E-state index in [4.69, 9.17) is 0 Å². The molecule has 0 radical (unpaired) electrons. The molecular weight excluding hydrogens is 434 g/mol. The zero-order valence-electron chi connectivity index (χ0n) is 19.4. The van der Waals surface area contributed by atoms with Crippen molar-refractivity contribution in [1.29, 1.82) is 0 Å². The highest BCUT2D eigenvalue weighted by molar-refractivity contribution is 7.92. The fourth-order valence-corrected chi connectivity index (χ4v) is 5.94. The van der Waals surface area contributed by atoms with Gasteiger partial charge in [0.05, 0.1) is 16.1 Å². The zero-order valence-corrected chi connectivity index (χ0v) is 20.2. The maximum Gasteiger partial charge on any atom is 0.335 e. The van der Waals surface area contributed by atoms with E-state index in [1.54, 1.807) is 18.2 Å². The number of sulfonamides is 1. The molecule has 0 aliphatic rings. The van der Waals surface area contributed by atoms with Crippen molar-refractivity contribution in [3.8, 4) is 0 Å². The van der Waals surface area contributed by atoms with Crippen LogP contribution in [0.15, 0.2) is 65.6 Å². The van der Waals surface area contributed by atoms with Gasteiger partial charge in [0.2, 0.25) is 0 Å². The fourth-order valence-electron chi connectivity index (χ4n) is 4.38. The van der Waals surface area contributed by atoms with Crippen LogP contribution in [0.3, 0.4) is 0 Å². The highest BCUT2D eigenvalue weighted by atomic mass is 32.2. The van der Waals surface area contributed by atoms with Gasteiger partial charge in [0.15, 0.2) is 0 Å². The number of aryl methyl sites for hydroxylation is 5. The number of carboxylic acids is 1. The van der Waals surface area contributed by atoms with Crippen molar-refractivity contribution in [2.45, 2.75) is 57.8 Å². The molecule has 0 saturated carbocycles. The van der Waals surface area contributed by atoms with Gasteiger partial charge >= 0.3 is 5.97 Å². The van der Waals surface area contributed by atoms with Crippen molar-refractivity contribution >= 4 is 21.7 Å². The summed E-state index contributed by atoms with van der Waals surface area (Å²) in [6, 6.07) is 18.4. The first-order chi connectivity index (χ1) is 15.7. The third-order valence-corrected chi connectivity index (χ3v) is 7.45. The van der Waals surface area contributed by atoms with E-state index < -0.39 is 16.0 Å². The summed E-state index contributed by atoms with van der Waals surface area (Å²) in [6.07, 6.45) is 4.13. The van der Waals surface area contributed by atoms with Gasteiger partial charge < -0.3 is 5.11 Å². The van der Waals surface area contributed by atoms with Gasteiger partial charge in [0.25, 0.3) is 10.0 Å². The second kappa shape index (κ2) is 10.7. The Hall–Kier alpha value is -3.12. The first-order valence-corrected chi connectivity index (χ1v) is 12.7. The second-order valence-corrected chi connectivity index (χ2v) is 10.1. The number of rotatable bonds is 10. The molecule has 0 saturated heterocycles. The molecule has 0 unspecified atom stereocenters. The molecule has 0 atom stereocenters. The fraction of sp³-hybridized carbons (Fsp3) is 0.296. The Bertz CT molecular complexity index is 1230. The Morgan fingerprint density at radius 2 is 1.36 bits per heavy atom. The summed E-state index contributed by atoms with van der Waals surface area (Å²) in [7, 11) is -3.70. The number of benzene rings is 3. The van der Waals surface area contributed by atoms with Crippen molar-refractivity contribution in [3.05, 3.63) is 94.0 Å². The highest BCUT2D eigenvalue weighted by Gasteiger charge is 2.21. The molecule has 5 nitrogen and oxygen atoms in total. The monoisotopic (exact) mass is 465 g/mol. The van der Waals surface area contributed by atoms with Crippen LogP contribution in [-0.2, 0) is 22.9 Å². The van der Waals surface area contributed by atoms with Gasteiger partial charge in [0.1, 0.15) is 0 Å². The minimum Gasteiger partial charge on any atom is -0.478 e. The predicted octanol–water partition coefficient (Wildman–Crippen LogP) is 6.07. The topological polar surface area (TPSA) is 83.5 Å². The van der Waals surface area contributed by atoms with Crippen molar-refractivity contribution < 1.29 is 18.3 Å². The van der Waals surface area contributed by atoms with E-state index in [1.165, 1.54) is 0 Å². The molecule has 6 heteroatoms. The smallest absolute Gasteiger partial charge is 0.335 e. The highest BCUT2D eigenvalue weighted by Crippen LogP contribution is 2.26. The van der Waals surface area contributed by atoms with E-state index in [2.05, 4.69) is 4.72 Å². The van der Waals surface area contributed by atoms with Crippen LogP contribution < -0.4 is 4.72 Å². The lowest BCUT2D eigenvalue weighted by molar-refractivity contribution is 0.0695. The summed E-state index contributed by atoms with van der Waals surface area (Å²) < 4.78 is 29.1. The van der Waals surface area contributed by atoms with Crippen LogP contribution in [0.25, 0.3) is 0 Å². The molecule has 0 aliphatic heterocycles. The van der Waals surface area contributed by atoms with Crippen LogP contribution in [0.4, 0.5) is 5.69 Å². The van der Waals surface area contributed by atoms with E-state index >= 15 is 0 Å². The second-order valence-electron chi connectivity index (χ2n) is 8.51. The van der Waals surface area contributed by atoms with E-state index in [-0.39, 0.29) is 0 Å². The van der Waals surface area contributed by atoms with Crippen LogP contribution in [0.2, 0.25) is 0 Å². The molecule has 0 amide bonds. The average Bonchev–Trinajstić information content (AvgIpc) is 2.73. The Labute approximate surface area is 196 Å². The van der Waals surface area contributed by atoms with Crippen LogP contribution in [-0.4, -0.2) is 19.5 Å². The molecule has 0 heterocycles. The van der Waals surface area contributed by atoms with E-state index in [0.717, 1.165) is 53.5 Å². The molecule has 0 bridgehead atoms. The molecule has 0 aromatic heterocycles. The third-order valence-electron chi connectivity index (χ3n) is 5.78. The number of carboxylic acid groups (broad SMARTS) is 1. The number of hydrogen-bond acceptors (Lipinski definition) is 3. The van der Waals surface area contributed by atoms with E-state index in [9.17, 15) is 18.3 Å². The molecule has 3 aromatic carbocycles. The number of hydrogen-bond donors (Lipinski definition) is 2. The predicted molar refractivity (Wildman–Crippen MR) is 133 cm³/mol. The molecule has 2 N–H and O–H groups in total. The summed E-state index contributed by atoms with van der Waals surface area (Å²) in [4.78, 5) is 11.7. The summed E-state index contributed by atoms with van der Waals surface area (Å²) in [5.74, 6) is -0.897. The van der Waals surface area contributed by atoms with Gasteiger partial charge in [-0.1, -0.05) is 60.5 Å². The molecular formula is C27H31NO4S. The SMILES string of the molecule is Cc1cc(C)c(S(=O)(=O)Nc2ccccc2CCCCCc2ccccc2C(=O)O)c(C)c1. The van der Waals surface area contributed by atoms with Crippen molar-refractivity contribution in [3.63, 3.8) is 0 Å². The zero-order chi connectivity index (χ0) is 24.0. The minimum atomic E-state index is -3.70. The molecule has 0 aliphatic carbocycles. The van der Waals surface area contributed by atoms with Gasteiger partial charge in [-0.25, -0.2) is 13.2 Å². The lowest BCUT2D eigenvalue weighted by atomic mass is 9.99. The van der Waals surface area contributed by atoms with Gasteiger partial charge in [-0.2, -0.15) is 0 Å². The third kappa shape index (κ3) is 6.23. The lowest BCUT2D eigenvalue weighted by Crippen LogP contribution is -2.17. The average molecular weight is 466 g/mol. The number of para-hydroxylation sites is 1. The van der Waals surface area contributed by atoms with Gasteiger partial charge in [-0.15, -0.1) is 0 Å². The van der Waals surface area contributed by atoms with E-state index in [0.29, 0.717) is 22.6 Å². The summed E-state index contributed by atoms with van der Waals surface area (Å²) >= 11 is 0. The van der Waals surface area contributed by atoms with Gasteiger partial charge in [-0.05, 0) is 80.8 Å². The summed E-state index contributed by atoms with van der Waals surface area (Å²) in [5.41, 5.74) is 5.28.